The van der Waals surface area contributed by atoms with E-state index in [0.717, 1.165) is 44.2 Å². The highest BCUT2D eigenvalue weighted by molar-refractivity contribution is 6.37. The van der Waals surface area contributed by atoms with Crippen LogP contribution in [0.4, 0.5) is 4.79 Å². The molecule has 1 aromatic rings. The molecule has 5 atom stereocenters. The third-order valence-electron chi connectivity index (χ3n) is 10.3. The molecule has 3 fully saturated rings. The Labute approximate surface area is 267 Å². The first-order chi connectivity index (χ1) is 21.1. The molecule has 5 N–H and O–H groups in total. The van der Waals surface area contributed by atoms with Crippen molar-refractivity contribution in [2.24, 2.45) is 28.4 Å². The fraction of sp³-hybridized carbons (Fsp3) is 0.706. The van der Waals surface area contributed by atoms with Crippen LogP contribution >= 0.6 is 0 Å². The molecule has 5 amide bonds. The predicted molar refractivity (Wildman–Crippen MR) is 171 cm³/mol. The number of piperidine rings is 1. The van der Waals surface area contributed by atoms with Crippen LogP contribution in [0.3, 0.4) is 0 Å². The van der Waals surface area contributed by atoms with E-state index in [1.807, 2.05) is 45.9 Å². The molecule has 11 nitrogen and oxygen atoms in total. The number of amides is 5. The average molecular weight is 625 g/mol. The molecule has 1 saturated heterocycles. The van der Waals surface area contributed by atoms with Gasteiger partial charge in [-0.05, 0) is 54.1 Å². The van der Waals surface area contributed by atoms with Crippen molar-refractivity contribution in [3.63, 3.8) is 0 Å². The van der Waals surface area contributed by atoms with Crippen LogP contribution in [-0.2, 0) is 25.6 Å². The molecule has 1 aromatic heterocycles. The Bertz CT molecular complexity index is 1270. The third kappa shape index (κ3) is 7.66. The van der Waals surface area contributed by atoms with Crippen molar-refractivity contribution in [3.05, 3.63) is 30.1 Å². The Morgan fingerprint density at radius 3 is 2.33 bits per heavy atom. The number of carbonyl (C=O) groups excluding carboxylic acids is 5. The molecule has 1 unspecified atom stereocenters. The lowest BCUT2D eigenvalue weighted by atomic mass is 9.78. The summed E-state index contributed by atoms with van der Waals surface area (Å²) in [7, 11) is 0. The van der Waals surface area contributed by atoms with Crippen LogP contribution in [0.5, 0.6) is 0 Å². The minimum absolute atomic E-state index is 0.102. The Hall–Kier alpha value is -3.50. The van der Waals surface area contributed by atoms with Crippen LogP contribution in [0.1, 0.15) is 98.6 Å². The largest absolute Gasteiger partial charge is 0.363 e. The first kappa shape index (κ1) is 34.4. The predicted octanol–water partition coefficient (Wildman–Crippen LogP) is 3.25. The summed E-state index contributed by atoms with van der Waals surface area (Å²) < 4.78 is 0. The van der Waals surface area contributed by atoms with Gasteiger partial charge < -0.3 is 26.6 Å². The van der Waals surface area contributed by atoms with Crippen LogP contribution in [-0.4, -0.2) is 69.6 Å². The molecule has 2 saturated carbocycles. The van der Waals surface area contributed by atoms with Crippen LogP contribution in [0.15, 0.2) is 24.4 Å². The SMILES string of the molecule is CCCCC(NC(=O)[C@@H]1[C@@H]2[C@H](CN1C(=O)[C@@H](NC(=O)NC1(Cc3ccccn3)CCCCC1)C(C)(C)C)C2(C)C)C(=O)C(N)=O. The van der Waals surface area contributed by atoms with Gasteiger partial charge in [0.2, 0.25) is 17.6 Å². The molecule has 11 heteroatoms. The maximum Gasteiger partial charge on any atom is 0.315 e. The number of pyridine rings is 1. The number of nitrogens with one attached hydrogen (secondary N) is 3. The van der Waals surface area contributed by atoms with Gasteiger partial charge in [0.1, 0.15) is 12.1 Å². The number of urea groups is 1. The van der Waals surface area contributed by atoms with Gasteiger partial charge in [0.05, 0.1) is 6.04 Å². The number of ketones is 1. The van der Waals surface area contributed by atoms with Crippen molar-refractivity contribution >= 4 is 29.5 Å². The third-order valence-corrected chi connectivity index (χ3v) is 10.3. The zero-order valence-corrected chi connectivity index (χ0v) is 27.8. The Balaban J connectivity index is 1.54. The minimum atomic E-state index is -1.10. The molecule has 0 aromatic carbocycles. The molecule has 2 heterocycles. The summed E-state index contributed by atoms with van der Waals surface area (Å²) in [5.41, 5.74) is 4.91. The zero-order valence-electron chi connectivity index (χ0n) is 27.8. The fourth-order valence-corrected chi connectivity index (χ4v) is 7.57. The normalized spacial score (nSPS) is 24.5. The zero-order chi connectivity index (χ0) is 33.2. The highest BCUT2D eigenvalue weighted by Crippen LogP contribution is 2.65. The second kappa shape index (κ2) is 13.5. The second-order valence-electron chi connectivity index (χ2n) is 15.1. The molecular weight excluding hydrogens is 572 g/mol. The molecule has 1 aliphatic heterocycles. The first-order valence-electron chi connectivity index (χ1n) is 16.5. The van der Waals surface area contributed by atoms with Crippen molar-refractivity contribution in [2.75, 3.05) is 6.54 Å². The molecule has 45 heavy (non-hydrogen) atoms. The first-order valence-corrected chi connectivity index (χ1v) is 16.5. The van der Waals surface area contributed by atoms with Gasteiger partial charge >= 0.3 is 6.03 Å². The summed E-state index contributed by atoms with van der Waals surface area (Å²) in [5.74, 6) is -2.73. The lowest BCUT2D eigenvalue weighted by Gasteiger charge is -2.40. The van der Waals surface area contributed by atoms with E-state index >= 15 is 0 Å². The highest BCUT2D eigenvalue weighted by Gasteiger charge is 2.70. The summed E-state index contributed by atoms with van der Waals surface area (Å²) >= 11 is 0. The van der Waals surface area contributed by atoms with E-state index in [-0.39, 0.29) is 29.6 Å². The lowest BCUT2D eigenvalue weighted by molar-refractivity contribution is -0.145. The minimum Gasteiger partial charge on any atom is -0.363 e. The van der Waals surface area contributed by atoms with Gasteiger partial charge in [-0.2, -0.15) is 0 Å². The van der Waals surface area contributed by atoms with Crippen LogP contribution in [0.2, 0.25) is 0 Å². The van der Waals surface area contributed by atoms with Gasteiger partial charge in [-0.15, -0.1) is 0 Å². The Kier molecular flexibility index (Phi) is 10.3. The van der Waals surface area contributed by atoms with Crippen LogP contribution < -0.4 is 21.7 Å². The molecule has 4 rings (SSSR count). The smallest absolute Gasteiger partial charge is 0.315 e. The number of hydrogen-bond donors (Lipinski definition) is 4. The number of rotatable bonds is 12. The number of Topliss-reactive ketones (excluding diaryl/α,β-unsaturated/α-hetero) is 1. The van der Waals surface area contributed by atoms with Crippen molar-refractivity contribution < 1.29 is 24.0 Å². The molecular formula is C34H52N6O5. The quantitative estimate of drug-likeness (QED) is 0.261. The van der Waals surface area contributed by atoms with E-state index in [0.29, 0.717) is 19.4 Å². The average Bonchev–Trinajstić information content (AvgIpc) is 3.28. The van der Waals surface area contributed by atoms with Crippen molar-refractivity contribution in [1.82, 2.24) is 25.8 Å². The number of aromatic nitrogens is 1. The number of hydrogen-bond acceptors (Lipinski definition) is 6. The summed E-state index contributed by atoms with van der Waals surface area (Å²) in [4.78, 5) is 72.2. The highest BCUT2D eigenvalue weighted by atomic mass is 16.2. The number of carbonyl (C=O) groups is 5. The second-order valence-corrected chi connectivity index (χ2v) is 15.1. The molecule has 0 radical (unpaired) electrons. The fourth-order valence-electron chi connectivity index (χ4n) is 7.57. The lowest BCUT2D eigenvalue weighted by Crippen LogP contribution is -2.63. The number of fused-ring (bicyclic) bond motifs is 1. The number of unbranched alkanes of at least 4 members (excludes halogenated alkanes) is 1. The van der Waals surface area contributed by atoms with Crippen molar-refractivity contribution in [1.29, 1.82) is 0 Å². The van der Waals surface area contributed by atoms with E-state index in [1.54, 1.807) is 11.1 Å². The molecule has 0 spiro atoms. The Morgan fingerprint density at radius 1 is 1.07 bits per heavy atom. The standard InChI is InChI=1S/C34H52N6O5/c1-7-8-15-23(26(41)28(35)42)37-29(43)25-24-22(33(24,5)6)20-40(25)30(44)27(32(2,3)4)38-31(45)39-34(16-11-9-12-17-34)19-21-14-10-13-18-36-21/h10,13-14,18,22-25,27H,7-9,11-12,15-17,19-20H2,1-6H3,(H2,35,42)(H,37,43)(H2,38,39,45)/t22-,23?,24-,25-,27+/m0/s1. The van der Waals surface area contributed by atoms with E-state index in [2.05, 4.69) is 34.8 Å². The molecule has 0 bridgehead atoms. The van der Waals surface area contributed by atoms with Gasteiger partial charge in [0.15, 0.2) is 0 Å². The van der Waals surface area contributed by atoms with Crippen LogP contribution in [0, 0.1) is 22.7 Å². The topological polar surface area (TPSA) is 164 Å². The van der Waals surface area contributed by atoms with E-state index in [4.69, 9.17) is 5.73 Å². The molecule has 248 valence electrons. The number of likely N-dealkylation sites (tertiary alicyclic amines) is 1. The summed E-state index contributed by atoms with van der Waals surface area (Å²) in [5, 5.41) is 9.00. The van der Waals surface area contributed by atoms with Crippen molar-refractivity contribution in [2.45, 2.75) is 123 Å². The number of nitrogens with zero attached hydrogens (tertiary/aromatic N) is 2. The Morgan fingerprint density at radius 2 is 1.76 bits per heavy atom. The van der Waals surface area contributed by atoms with Gasteiger partial charge in [0, 0.05) is 30.4 Å². The number of primary amides is 1. The summed E-state index contributed by atoms with van der Waals surface area (Å²) in [6, 6.07) is 2.58. The summed E-state index contributed by atoms with van der Waals surface area (Å²) in [6.45, 7) is 12.1. The van der Waals surface area contributed by atoms with Gasteiger partial charge in [0.25, 0.3) is 5.91 Å². The molecule has 3 aliphatic rings. The maximum absolute atomic E-state index is 14.3. The molecule has 2 aliphatic carbocycles. The van der Waals surface area contributed by atoms with Gasteiger partial charge in [-0.3, -0.25) is 24.2 Å². The van der Waals surface area contributed by atoms with E-state index in [1.165, 1.54) is 0 Å². The van der Waals surface area contributed by atoms with E-state index < -0.39 is 52.7 Å². The maximum atomic E-state index is 14.3. The number of nitrogens with two attached hydrogens (primary N) is 1. The van der Waals surface area contributed by atoms with E-state index in [9.17, 15) is 24.0 Å². The van der Waals surface area contributed by atoms with Gasteiger partial charge in [-0.25, -0.2) is 4.79 Å². The van der Waals surface area contributed by atoms with Crippen LogP contribution in [0.25, 0.3) is 0 Å². The van der Waals surface area contributed by atoms with Crippen molar-refractivity contribution in [3.8, 4) is 0 Å². The summed E-state index contributed by atoms with van der Waals surface area (Å²) in [6.07, 6.45) is 8.78. The monoisotopic (exact) mass is 624 g/mol. The van der Waals surface area contributed by atoms with Gasteiger partial charge in [-0.1, -0.05) is 79.7 Å².